The van der Waals surface area contributed by atoms with Gasteiger partial charge >= 0.3 is 0 Å². The van der Waals surface area contributed by atoms with Crippen LogP contribution in [0.1, 0.15) is 16.1 Å². The van der Waals surface area contributed by atoms with Gasteiger partial charge in [-0.2, -0.15) is 5.10 Å². The summed E-state index contributed by atoms with van der Waals surface area (Å²) in [5.74, 6) is 1.13. The number of ether oxygens (including phenoxy) is 2. The molecule has 0 aliphatic carbocycles. The molecular formula is C18H14ClN3O3. The first-order valence-corrected chi connectivity index (χ1v) is 8.05. The number of hydrogen-bond donors (Lipinski definition) is 2. The molecule has 0 saturated heterocycles. The molecule has 0 saturated carbocycles. The van der Waals surface area contributed by atoms with E-state index in [1.165, 1.54) is 0 Å². The lowest BCUT2D eigenvalue weighted by Gasteiger charge is -2.05. The van der Waals surface area contributed by atoms with Gasteiger partial charge in [0.25, 0.3) is 5.91 Å². The first kappa shape index (κ1) is 15.5. The number of nitrogens with zero attached hydrogens (tertiary/aromatic N) is 1. The number of halogens is 1. The van der Waals surface area contributed by atoms with Crippen LogP contribution in [0.15, 0.2) is 48.5 Å². The van der Waals surface area contributed by atoms with Gasteiger partial charge in [0.2, 0.25) is 6.79 Å². The van der Waals surface area contributed by atoms with Crippen molar-refractivity contribution in [3.8, 4) is 22.8 Å². The van der Waals surface area contributed by atoms with Crippen LogP contribution in [0.2, 0.25) is 5.02 Å². The summed E-state index contributed by atoms with van der Waals surface area (Å²) in [5.41, 5.74) is 2.72. The molecule has 0 fully saturated rings. The van der Waals surface area contributed by atoms with E-state index in [-0.39, 0.29) is 12.7 Å². The molecule has 1 aromatic heterocycles. The number of H-pyrrole nitrogens is 1. The Morgan fingerprint density at radius 1 is 1.16 bits per heavy atom. The Kier molecular flexibility index (Phi) is 4.03. The summed E-state index contributed by atoms with van der Waals surface area (Å²) >= 11 is 6.09. The number of fused-ring (bicyclic) bond motifs is 1. The first-order valence-electron chi connectivity index (χ1n) is 7.68. The van der Waals surface area contributed by atoms with E-state index in [4.69, 9.17) is 21.1 Å². The summed E-state index contributed by atoms with van der Waals surface area (Å²) in [5, 5.41) is 10.4. The second-order valence-electron chi connectivity index (χ2n) is 5.51. The largest absolute Gasteiger partial charge is 0.454 e. The van der Waals surface area contributed by atoms with Crippen molar-refractivity contribution < 1.29 is 14.3 Å². The van der Waals surface area contributed by atoms with Gasteiger partial charge in [-0.05, 0) is 35.9 Å². The third-order valence-electron chi connectivity index (χ3n) is 3.89. The highest BCUT2D eigenvalue weighted by Gasteiger charge is 2.16. The maximum atomic E-state index is 12.3. The minimum absolute atomic E-state index is 0.217. The highest BCUT2D eigenvalue weighted by Crippen LogP contribution is 2.35. The maximum absolute atomic E-state index is 12.3. The standard InChI is InChI=1S/C18H14ClN3O3/c19-13-4-2-1-3-12(13)9-20-18(23)15-8-14(21-22-15)11-5-6-16-17(7-11)25-10-24-16/h1-8H,9-10H2,(H,20,23)(H,21,22). The summed E-state index contributed by atoms with van der Waals surface area (Å²) in [6.07, 6.45) is 0. The molecule has 3 aromatic rings. The molecule has 0 spiro atoms. The Labute approximate surface area is 148 Å². The summed E-state index contributed by atoms with van der Waals surface area (Å²) in [7, 11) is 0. The van der Waals surface area contributed by atoms with E-state index in [2.05, 4.69) is 15.5 Å². The number of aromatic amines is 1. The van der Waals surface area contributed by atoms with Gasteiger partial charge in [0.1, 0.15) is 5.69 Å². The van der Waals surface area contributed by atoms with Gasteiger partial charge in [-0.3, -0.25) is 9.89 Å². The topological polar surface area (TPSA) is 76.2 Å². The fourth-order valence-corrected chi connectivity index (χ4v) is 2.76. The molecule has 2 heterocycles. The molecule has 25 heavy (non-hydrogen) atoms. The Hall–Kier alpha value is -2.99. The zero-order valence-electron chi connectivity index (χ0n) is 13.1. The zero-order chi connectivity index (χ0) is 17.2. The number of rotatable bonds is 4. The number of carbonyl (C=O) groups is 1. The number of nitrogens with one attached hydrogen (secondary N) is 2. The molecule has 2 aromatic carbocycles. The van der Waals surface area contributed by atoms with Crippen molar-refractivity contribution in [3.63, 3.8) is 0 Å². The number of carbonyl (C=O) groups excluding carboxylic acids is 1. The van der Waals surface area contributed by atoms with Crippen molar-refractivity contribution in [2.24, 2.45) is 0 Å². The van der Waals surface area contributed by atoms with Crippen LogP contribution in [0.3, 0.4) is 0 Å². The van der Waals surface area contributed by atoms with Crippen LogP contribution in [-0.2, 0) is 6.54 Å². The molecule has 1 aliphatic rings. The van der Waals surface area contributed by atoms with E-state index in [1.54, 1.807) is 12.1 Å². The first-order chi connectivity index (χ1) is 12.2. The van der Waals surface area contributed by atoms with Gasteiger partial charge in [-0.1, -0.05) is 29.8 Å². The number of aromatic nitrogens is 2. The second kappa shape index (κ2) is 6.49. The maximum Gasteiger partial charge on any atom is 0.269 e. The highest BCUT2D eigenvalue weighted by atomic mass is 35.5. The van der Waals surface area contributed by atoms with Crippen molar-refractivity contribution >= 4 is 17.5 Å². The van der Waals surface area contributed by atoms with Crippen molar-refractivity contribution in [1.29, 1.82) is 0 Å². The second-order valence-corrected chi connectivity index (χ2v) is 5.92. The van der Waals surface area contributed by atoms with Gasteiger partial charge in [0.15, 0.2) is 11.5 Å². The SMILES string of the molecule is O=C(NCc1ccccc1Cl)c1cc(-c2ccc3c(c2)OCO3)n[nH]1. The van der Waals surface area contributed by atoms with E-state index < -0.39 is 0 Å². The van der Waals surface area contributed by atoms with Crippen LogP contribution >= 0.6 is 11.6 Å². The summed E-state index contributed by atoms with van der Waals surface area (Å²) < 4.78 is 10.7. The molecule has 4 rings (SSSR count). The predicted molar refractivity (Wildman–Crippen MR) is 92.8 cm³/mol. The molecule has 6 nitrogen and oxygen atoms in total. The number of benzene rings is 2. The van der Waals surface area contributed by atoms with Crippen LogP contribution < -0.4 is 14.8 Å². The minimum Gasteiger partial charge on any atom is -0.454 e. The Balaban J connectivity index is 1.47. The average molecular weight is 356 g/mol. The van der Waals surface area contributed by atoms with Crippen molar-refractivity contribution in [2.75, 3.05) is 6.79 Å². The molecule has 1 amide bonds. The lowest BCUT2D eigenvalue weighted by molar-refractivity contribution is 0.0946. The van der Waals surface area contributed by atoms with E-state index in [0.29, 0.717) is 34.5 Å². The molecular weight excluding hydrogens is 342 g/mol. The highest BCUT2D eigenvalue weighted by molar-refractivity contribution is 6.31. The fraction of sp³-hybridized carbons (Fsp3) is 0.111. The van der Waals surface area contributed by atoms with Gasteiger partial charge in [0.05, 0.1) is 5.69 Å². The van der Waals surface area contributed by atoms with Crippen molar-refractivity contribution in [2.45, 2.75) is 6.54 Å². The van der Waals surface area contributed by atoms with E-state index >= 15 is 0 Å². The number of hydrogen-bond acceptors (Lipinski definition) is 4. The molecule has 0 bridgehead atoms. The Morgan fingerprint density at radius 2 is 2.00 bits per heavy atom. The van der Waals surface area contributed by atoms with E-state index in [9.17, 15) is 4.79 Å². The van der Waals surface area contributed by atoms with Crippen molar-refractivity contribution in [3.05, 3.63) is 64.8 Å². The van der Waals surface area contributed by atoms with Crippen LogP contribution in [0.5, 0.6) is 11.5 Å². The van der Waals surface area contributed by atoms with E-state index in [1.807, 2.05) is 36.4 Å². The molecule has 0 unspecified atom stereocenters. The quantitative estimate of drug-likeness (QED) is 0.752. The van der Waals surface area contributed by atoms with Gasteiger partial charge < -0.3 is 14.8 Å². The summed E-state index contributed by atoms with van der Waals surface area (Å²) in [6, 6.07) is 14.6. The molecule has 0 radical (unpaired) electrons. The lowest BCUT2D eigenvalue weighted by atomic mass is 10.1. The minimum atomic E-state index is -0.251. The van der Waals surface area contributed by atoms with Crippen LogP contribution in [0.25, 0.3) is 11.3 Å². The smallest absolute Gasteiger partial charge is 0.269 e. The number of amides is 1. The van der Waals surface area contributed by atoms with Gasteiger partial charge in [-0.15, -0.1) is 0 Å². The average Bonchev–Trinajstić information content (AvgIpc) is 3.29. The third-order valence-corrected chi connectivity index (χ3v) is 4.26. The zero-order valence-corrected chi connectivity index (χ0v) is 13.8. The summed E-state index contributed by atoms with van der Waals surface area (Å²) in [4.78, 5) is 12.3. The predicted octanol–water partition coefficient (Wildman–Crippen LogP) is 3.39. The lowest BCUT2D eigenvalue weighted by Crippen LogP contribution is -2.23. The molecule has 126 valence electrons. The third kappa shape index (κ3) is 3.16. The summed E-state index contributed by atoms with van der Waals surface area (Å²) in [6.45, 7) is 0.561. The molecule has 7 heteroatoms. The van der Waals surface area contributed by atoms with Crippen molar-refractivity contribution in [1.82, 2.24) is 15.5 Å². The molecule has 1 aliphatic heterocycles. The Morgan fingerprint density at radius 3 is 2.88 bits per heavy atom. The monoisotopic (exact) mass is 355 g/mol. The van der Waals surface area contributed by atoms with E-state index in [0.717, 1.165) is 11.1 Å². The van der Waals surface area contributed by atoms with Crippen LogP contribution in [0.4, 0.5) is 0 Å². The molecule has 0 atom stereocenters. The van der Waals surface area contributed by atoms with Crippen LogP contribution in [0, 0.1) is 0 Å². The van der Waals surface area contributed by atoms with Gasteiger partial charge in [0, 0.05) is 17.1 Å². The molecule has 2 N–H and O–H groups in total. The fourth-order valence-electron chi connectivity index (χ4n) is 2.55. The van der Waals surface area contributed by atoms with Gasteiger partial charge in [-0.25, -0.2) is 0 Å². The normalized spacial score (nSPS) is 12.2. The Bertz CT molecular complexity index is 939. The van der Waals surface area contributed by atoms with Crippen LogP contribution in [-0.4, -0.2) is 22.9 Å².